The van der Waals surface area contributed by atoms with E-state index in [0.29, 0.717) is 5.92 Å². The van der Waals surface area contributed by atoms with E-state index < -0.39 is 11.9 Å². The van der Waals surface area contributed by atoms with Gasteiger partial charge in [-0.15, -0.1) is 0 Å². The summed E-state index contributed by atoms with van der Waals surface area (Å²) >= 11 is 0. The average Bonchev–Trinajstić information content (AvgIpc) is 3.39. The molecule has 2 saturated carbocycles. The van der Waals surface area contributed by atoms with Crippen LogP contribution in [0.2, 0.25) is 0 Å². The predicted octanol–water partition coefficient (Wildman–Crippen LogP) is 1.72. The fourth-order valence-corrected chi connectivity index (χ4v) is 5.19. The Hall–Kier alpha value is -3.30. The van der Waals surface area contributed by atoms with Gasteiger partial charge in [0.2, 0.25) is 0 Å². The highest BCUT2D eigenvalue weighted by atomic mass is 16.5. The first-order valence-corrected chi connectivity index (χ1v) is 10.4. The largest absolute Gasteiger partial charge is 0.477 e. The highest BCUT2D eigenvalue weighted by molar-refractivity contribution is 5.96. The molecule has 0 radical (unpaired) electrons. The monoisotopic (exact) mass is 427 g/mol. The Kier molecular flexibility index (Phi) is 5.71. The Bertz CT molecular complexity index is 1030. The molecule has 2 aliphatic rings. The summed E-state index contributed by atoms with van der Waals surface area (Å²) in [5, 5.41) is 16.3. The highest BCUT2D eigenvalue weighted by Gasteiger charge is 2.47. The summed E-state index contributed by atoms with van der Waals surface area (Å²) in [6, 6.07) is 1.16. The van der Waals surface area contributed by atoms with E-state index in [4.69, 9.17) is 4.74 Å². The van der Waals surface area contributed by atoms with E-state index in [1.807, 2.05) is 0 Å². The second kappa shape index (κ2) is 8.44. The van der Waals surface area contributed by atoms with Crippen LogP contribution in [0.5, 0.6) is 0 Å². The lowest BCUT2D eigenvalue weighted by Crippen LogP contribution is -2.44. The van der Waals surface area contributed by atoms with E-state index in [1.54, 1.807) is 6.08 Å². The van der Waals surface area contributed by atoms with Crippen molar-refractivity contribution in [3.63, 3.8) is 0 Å². The van der Waals surface area contributed by atoms with Crippen LogP contribution < -0.4 is 5.32 Å². The molecule has 2 N–H and O–H groups in total. The maximum Gasteiger partial charge on any atom is 0.354 e. The Morgan fingerprint density at radius 3 is 2.81 bits per heavy atom. The van der Waals surface area contributed by atoms with Crippen LogP contribution in [0.1, 0.15) is 53.6 Å². The zero-order valence-corrected chi connectivity index (χ0v) is 17.2. The molecule has 31 heavy (non-hydrogen) atoms. The van der Waals surface area contributed by atoms with Crippen molar-refractivity contribution in [1.82, 2.24) is 24.9 Å². The minimum absolute atomic E-state index is 0.0508. The van der Waals surface area contributed by atoms with E-state index in [1.165, 1.54) is 16.9 Å². The summed E-state index contributed by atoms with van der Waals surface area (Å²) in [6.45, 7) is 5.88. The summed E-state index contributed by atoms with van der Waals surface area (Å²) in [6.07, 6.45) is 6.05. The Balaban J connectivity index is 1.48. The number of carbonyl (C=O) groups excluding carboxylic acids is 2. The molecule has 1 amide bonds. The van der Waals surface area contributed by atoms with Gasteiger partial charge in [-0.05, 0) is 43.4 Å². The Labute approximate surface area is 178 Å². The van der Waals surface area contributed by atoms with Gasteiger partial charge in [0.05, 0.1) is 5.92 Å². The van der Waals surface area contributed by atoms with Gasteiger partial charge in [-0.2, -0.15) is 14.6 Å². The first kappa shape index (κ1) is 21.0. The quantitative estimate of drug-likeness (QED) is 0.525. The number of carboxylic acid groups (broad SMARTS) is 1. The van der Waals surface area contributed by atoms with Crippen LogP contribution in [-0.2, 0) is 9.53 Å². The lowest BCUT2D eigenvalue weighted by molar-refractivity contribution is -0.152. The molecule has 0 saturated heterocycles. The maximum atomic E-state index is 13.0. The molecule has 164 valence electrons. The van der Waals surface area contributed by atoms with E-state index >= 15 is 0 Å². The van der Waals surface area contributed by atoms with Crippen LogP contribution in [0.25, 0.3) is 5.78 Å². The molecule has 0 aromatic carbocycles. The van der Waals surface area contributed by atoms with Gasteiger partial charge in [0.25, 0.3) is 11.7 Å². The average molecular weight is 427 g/mol. The van der Waals surface area contributed by atoms with E-state index in [-0.39, 0.29) is 53.5 Å². The lowest BCUT2D eigenvalue weighted by Gasteiger charge is -2.38. The zero-order valence-electron chi connectivity index (χ0n) is 17.2. The minimum Gasteiger partial charge on any atom is -0.477 e. The molecule has 0 bridgehead atoms. The number of rotatable bonds is 6. The molecule has 5 atom stereocenters. The van der Waals surface area contributed by atoms with Crippen molar-refractivity contribution in [2.45, 2.75) is 38.6 Å². The second-order valence-electron chi connectivity index (χ2n) is 8.25. The van der Waals surface area contributed by atoms with Gasteiger partial charge in [0.15, 0.2) is 5.69 Å². The van der Waals surface area contributed by atoms with Crippen LogP contribution in [0.4, 0.5) is 0 Å². The summed E-state index contributed by atoms with van der Waals surface area (Å²) < 4.78 is 6.51. The van der Waals surface area contributed by atoms with Crippen molar-refractivity contribution in [3.05, 3.63) is 36.4 Å². The number of carbonyl (C=O) groups is 3. The molecule has 2 aromatic rings. The molecular formula is C21H25N5O5. The SMILES string of the molecule is C=CCOC(=O)C1CC[C@@H]2C(CC[C@@H]2NC(=O)c2cc(C(=O)O)nc3ncnn23)C1C. The third-order valence-electron chi connectivity index (χ3n) is 6.67. The molecule has 2 aromatic heterocycles. The number of nitrogens with one attached hydrogen (secondary N) is 1. The lowest BCUT2D eigenvalue weighted by atomic mass is 9.68. The molecule has 3 unspecified atom stereocenters. The summed E-state index contributed by atoms with van der Waals surface area (Å²) in [5.41, 5.74) is -0.180. The standard InChI is InChI=1S/C21H25N5O5/c1-3-8-31-20(30)13-4-5-14-12(11(13)2)6-7-15(14)24-18(27)17-9-16(19(28)29)25-21-22-10-23-26(17)21/h3,9-15H,1,4-8H2,2H3,(H,24,27)(H,28,29)/t11?,12?,13?,14-,15+/m1/s1. The van der Waals surface area contributed by atoms with Crippen LogP contribution in [-0.4, -0.2) is 55.2 Å². The number of hydrogen-bond acceptors (Lipinski definition) is 7. The van der Waals surface area contributed by atoms with Crippen LogP contribution in [0, 0.1) is 23.7 Å². The molecular weight excluding hydrogens is 402 g/mol. The number of carboxylic acids is 1. The van der Waals surface area contributed by atoms with E-state index in [0.717, 1.165) is 25.7 Å². The number of aromatic nitrogens is 4. The summed E-state index contributed by atoms with van der Waals surface area (Å²) in [4.78, 5) is 44.6. The molecule has 2 aliphatic carbocycles. The smallest absolute Gasteiger partial charge is 0.354 e. The number of nitrogens with zero attached hydrogens (tertiary/aromatic N) is 4. The summed E-state index contributed by atoms with van der Waals surface area (Å²) in [7, 11) is 0. The van der Waals surface area contributed by atoms with Gasteiger partial charge < -0.3 is 15.2 Å². The van der Waals surface area contributed by atoms with Gasteiger partial charge in [-0.3, -0.25) is 9.59 Å². The highest BCUT2D eigenvalue weighted by Crippen LogP contribution is 2.48. The molecule has 2 fully saturated rings. The van der Waals surface area contributed by atoms with Crippen molar-refractivity contribution >= 4 is 23.6 Å². The Morgan fingerprint density at radius 1 is 1.29 bits per heavy atom. The van der Waals surface area contributed by atoms with Gasteiger partial charge >= 0.3 is 11.9 Å². The second-order valence-corrected chi connectivity index (χ2v) is 8.25. The number of hydrogen-bond donors (Lipinski definition) is 2. The van der Waals surface area contributed by atoms with Crippen LogP contribution in [0.3, 0.4) is 0 Å². The number of esters is 1. The Morgan fingerprint density at radius 2 is 2.06 bits per heavy atom. The van der Waals surface area contributed by atoms with Gasteiger partial charge in [-0.25, -0.2) is 9.78 Å². The molecule has 10 nitrogen and oxygen atoms in total. The third-order valence-corrected chi connectivity index (χ3v) is 6.67. The van der Waals surface area contributed by atoms with Crippen LogP contribution >= 0.6 is 0 Å². The summed E-state index contributed by atoms with van der Waals surface area (Å²) in [5.74, 6) is -1.16. The number of amides is 1. The van der Waals surface area contributed by atoms with Crippen molar-refractivity contribution in [1.29, 1.82) is 0 Å². The molecule has 10 heteroatoms. The van der Waals surface area contributed by atoms with Crippen LogP contribution in [0.15, 0.2) is 25.0 Å². The van der Waals surface area contributed by atoms with Crippen molar-refractivity contribution in [3.8, 4) is 0 Å². The zero-order chi connectivity index (χ0) is 22.1. The molecule has 4 rings (SSSR count). The molecule has 2 heterocycles. The molecule has 0 aliphatic heterocycles. The molecule has 0 spiro atoms. The fourth-order valence-electron chi connectivity index (χ4n) is 5.19. The van der Waals surface area contributed by atoms with Gasteiger partial charge in [0.1, 0.15) is 18.6 Å². The van der Waals surface area contributed by atoms with Gasteiger partial charge in [-0.1, -0.05) is 19.6 Å². The minimum atomic E-state index is -1.24. The normalized spacial score (nSPS) is 27.5. The third kappa shape index (κ3) is 3.89. The van der Waals surface area contributed by atoms with Crippen molar-refractivity contribution < 1.29 is 24.2 Å². The van der Waals surface area contributed by atoms with Crippen molar-refractivity contribution in [2.24, 2.45) is 23.7 Å². The topological polar surface area (TPSA) is 136 Å². The number of ether oxygens (including phenoxy) is 1. The first-order chi connectivity index (χ1) is 14.9. The predicted molar refractivity (Wildman–Crippen MR) is 108 cm³/mol. The first-order valence-electron chi connectivity index (χ1n) is 10.4. The van der Waals surface area contributed by atoms with E-state index in [9.17, 15) is 19.5 Å². The number of aromatic carboxylic acids is 1. The van der Waals surface area contributed by atoms with Crippen molar-refractivity contribution in [2.75, 3.05) is 6.61 Å². The number of fused-ring (bicyclic) bond motifs is 2. The van der Waals surface area contributed by atoms with E-state index in [2.05, 4.69) is 33.9 Å². The fraction of sp³-hybridized carbons (Fsp3) is 0.524. The van der Waals surface area contributed by atoms with Gasteiger partial charge in [0, 0.05) is 12.1 Å². The maximum absolute atomic E-state index is 13.0.